The van der Waals surface area contributed by atoms with Crippen molar-refractivity contribution in [2.75, 3.05) is 26.6 Å². The average molecular weight is 466 g/mol. The Kier molecular flexibility index (Phi) is 9.39. The lowest BCUT2D eigenvalue weighted by molar-refractivity contribution is -0.112. The molecule has 0 saturated carbocycles. The summed E-state index contributed by atoms with van der Waals surface area (Å²) in [5.74, 6) is 0.0172. The normalized spacial score (nSPS) is 11.6. The van der Waals surface area contributed by atoms with Crippen LogP contribution < -0.4 is 30.6 Å². The summed E-state index contributed by atoms with van der Waals surface area (Å²) in [6.07, 6.45) is 4.61. The third-order valence-electron chi connectivity index (χ3n) is 4.45. The van der Waals surface area contributed by atoms with Crippen LogP contribution in [-0.2, 0) is 4.79 Å². The number of nitrogens with one attached hydrogen (secondary N) is 2. The molecule has 0 unspecified atom stereocenters. The Morgan fingerprint density at radius 3 is 2.29 bits per heavy atom. The molecule has 0 saturated heterocycles. The van der Waals surface area contributed by atoms with Gasteiger partial charge in [-0.2, -0.15) is 0 Å². The fraction of sp³-hybridized carbons (Fsp3) is 0.167. The van der Waals surface area contributed by atoms with Gasteiger partial charge in [0.2, 0.25) is 11.7 Å². The van der Waals surface area contributed by atoms with E-state index in [0.717, 1.165) is 0 Å². The van der Waals surface area contributed by atoms with Crippen molar-refractivity contribution in [2.24, 2.45) is 15.7 Å². The van der Waals surface area contributed by atoms with Gasteiger partial charge >= 0.3 is 0 Å². The highest BCUT2D eigenvalue weighted by molar-refractivity contribution is 6.07. The Morgan fingerprint density at radius 2 is 1.74 bits per heavy atom. The molecular formula is C24H27N5O5. The fourth-order valence-electron chi connectivity index (χ4n) is 2.86. The first kappa shape index (κ1) is 25.7. The molecule has 2 aromatic carbocycles. The first-order valence-electron chi connectivity index (χ1n) is 10.0. The van der Waals surface area contributed by atoms with E-state index in [4.69, 9.17) is 19.9 Å². The lowest BCUT2D eigenvalue weighted by Crippen LogP contribution is -2.36. The average Bonchev–Trinajstić information content (AvgIpc) is 2.83. The summed E-state index contributed by atoms with van der Waals surface area (Å²) in [7, 11) is 4.37. The van der Waals surface area contributed by atoms with Gasteiger partial charge in [-0.15, -0.1) is 0 Å². The van der Waals surface area contributed by atoms with E-state index in [2.05, 4.69) is 27.3 Å². The lowest BCUT2D eigenvalue weighted by atomic mass is 10.1. The molecule has 0 aliphatic rings. The van der Waals surface area contributed by atoms with E-state index in [1.807, 2.05) is 0 Å². The van der Waals surface area contributed by atoms with Crippen molar-refractivity contribution in [1.29, 1.82) is 0 Å². The van der Waals surface area contributed by atoms with Crippen molar-refractivity contribution in [3.63, 3.8) is 0 Å². The quantitative estimate of drug-likeness (QED) is 0.225. The largest absolute Gasteiger partial charge is 0.493 e. The lowest BCUT2D eigenvalue weighted by Gasteiger charge is -2.14. The third-order valence-corrected chi connectivity index (χ3v) is 4.45. The van der Waals surface area contributed by atoms with Crippen molar-refractivity contribution in [3.05, 3.63) is 65.9 Å². The standard InChI is InChI=1S/C24H27N5O5/c1-6-15(10-11-26-2)22(30)27-17-8-7-9-18(14-17)28-24(25)29-23(31)16-12-19(32-3)21(34-5)20(13-16)33-4/h6-14H,2H2,1,3-5H3,(H,27,30)(H3,25,28,29,31). The number of benzene rings is 2. The van der Waals surface area contributed by atoms with E-state index >= 15 is 0 Å². The van der Waals surface area contributed by atoms with Crippen LogP contribution in [0, 0.1) is 0 Å². The number of hydrogen-bond donors (Lipinski definition) is 3. The zero-order valence-electron chi connectivity index (χ0n) is 19.4. The molecule has 0 fully saturated rings. The summed E-state index contributed by atoms with van der Waals surface area (Å²) in [6, 6.07) is 9.67. The van der Waals surface area contributed by atoms with E-state index in [0.29, 0.717) is 34.2 Å². The second-order valence-electron chi connectivity index (χ2n) is 6.61. The van der Waals surface area contributed by atoms with E-state index in [1.165, 1.54) is 39.7 Å². The molecule has 178 valence electrons. The number of anilines is 1. The predicted octanol–water partition coefficient (Wildman–Crippen LogP) is 3.19. The molecule has 0 radical (unpaired) electrons. The number of nitrogens with two attached hydrogens (primary N) is 1. The minimum Gasteiger partial charge on any atom is -0.493 e. The Morgan fingerprint density at radius 1 is 1.06 bits per heavy atom. The van der Waals surface area contributed by atoms with E-state index in [9.17, 15) is 9.59 Å². The molecule has 4 N–H and O–H groups in total. The Hall–Kier alpha value is -4.60. The molecule has 10 nitrogen and oxygen atoms in total. The molecule has 0 atom stereocenters. The molecular weight excluding hydrogens is 438 g/mol. The van der Waals surface area contributed by atoms with Crippen molar-refractivity contribution in [2.45, 2.75) is 6.92 Å². The van der Waals surface area contributed by atoms with Gasteiger partial charge in [0.05, 0.1) is 27.0 Å². The highest BCUT2D eigenvalue weighted by atomic mass is 16.5. The Bertz CT molecular complexity index is 1130. The van der Waals surface area contributed by atoms with Crippen LogP contribution in [0.2, 0.25) is 0 Å². The molecule has 0 heterocycles. The summed E-state index contributed by atoms with van der Waals surface area (Å²) < 4.78 is 15.8. The summed E-state index contributed by atoms with van der Waals surface area (Å²) in [4.78, 5) is 32.9. The number of hydrogen-bond acceptors (Lipinski definition) is 7. The summed E-state index contributed by atoms with van der Waals surface area (Å²) >= 11 is 0. The van der Waals surface area contributed by atoms with E-state index in [1.54, 1.807) is 43.3 Å². The number of amides is 2. The van der Waals surface area contributed by atoms with Gasteiger partial charge in [-0.1, -0.05) is 12.1 Å². The van der Waals surface area contributed by atoms with Crippen LogP contribution in [0.3, 0.4) is 0 Å². The Balaban J connectivity index is 2.18. The Labute approximate surface area is 197 Å². The maximum absolute atomic E-state index is 12.7. The number of guanidine groups is 1. The molecule has 10 heteroatoms. The van der Waals surface area contributed by atoms with Crippen LogP contribution in [0.15, 0.2) is 70.3 Å². The van der Waals surface area contributed by atoms with Gasteiger partial charge in [0, 0.05) is 23.0 Å². The van der Waals surface area contributed by atoms with Crippen LogP contribution in [0.1, 0.15) is 17.3 Å². The van der Waals surface area contributed by atoms with Gasteiger partial charge in [-0.25, -0.2) is 4.99 Å². The minimum absolute atomic E-state index is 0.142. The number of rotatable bonds is 9. The zero-order valence-corrected chi connectivity index (χ0v) is 19.4. The monoisotopic (exact) mass is 465 g/mol. The van der Waals surface area contributed by atoms with Crippen molar-refractivity contribution in [1.82, 2.24) is 5.32 Å². The number of allylic oxidation sites excluding steroid dienone is 1. The first-order chi connectivity index (χ1) is 16.4. The van der Waals surface area contributed by atoms with Gasteiger partial charge in [0.25, 0.3) is 11.8 Å². The number of ether oxygens (including phenoxy) is 3. The predicted molar refractivity (Wildman–Crippen MR) is 132 cm³/mol. The summed E-state index contributed by atoms with van der Waals surface area (Å²) in [5.41, 5.74) is 7.49. The summed E-state index contributed by atoms with van der Waals surface area (Å²) in [6.45, 7) is 5.08. The topological polar surface area (TPSA) is 137 Å². The van der Waals surface area contributed by atoms with Gasteiger partial charge in [-0.05, 0) is 50.0 Å². The molecule has 0 aliphatic carbocycles. The van der Waals surface area contributed by atoms with Gasteiger partial charge < -0.3 is 25.3 Å². The van der Waals surface area contributed by atoms with Crippen LogP contribution in [0.25, 0.3) is 0 Å². The number of carbonyl (C=O) groups is 2. The van der Waals surface area contributed by atoms with Crippen LogP contribution in [0.4, 0.5) is 11.4 Å². The van der Waals surface area contributed by atoms with E-state index in [-0.39, 0.29) is 17.4 Å². The van der Waals surface area contributed by atoms with Gasteiger partial charge in [-0.3, -0.25) is 19.9 Å². The molecule has 0 spiro atoms. The van der Waals surface area contributed by atoms with Crippen molar-refractivity contribution >= 4 is 35.9 Å². The van der Waals surface area contributed by atoms with Gasteiger partial charge in [0.1, 0.15) is 0 Å². The molecule has 2 rings (SSSR count). The molecule has 2 amide bonds. The van der Waals surface area contributed by atoms with Gasteiger partial charge in [0.15, 0.2) is 11.5 Å². The summed E-state index contributed by atoms with van der Waals surface area (Å²) in [5, 5.41) is 5.27. The molecule has 2 aromatic rings. The second kappa shape index (κ2) is 12.4. The highest BCUT2D eigenvalue weighted by Crippen LogP contribution is 2.38. The maximum Gasteiger partial charge on any atom is 0.258 e. The highest BCUT2D eigenvalue weighted by Gasteiger charge is 2.17. The van der Waals surface area contributed by atoms with Crippen molar-refractivity contribution in [3.8, 4) is 17.2 Å². The third kappa shape index (κ3) is 6.70. The first-order valence-corrected chi connectivity index (χ1v) is 10.0. The number of methoxy groups -OCH3 is 3. The second-order valence-corrected chi connectivity index (χ2v) is 6.61. The number of aliphatic imine (C=N–C) groups is 2. The maximum atomic E-state index is 12.7. The molecule has 0 aliphatic heterocycles. The van der Waals surface area contributed by atoms with Crippen LogP contribution in [0.5, 0.6) is 17.2 Å². The number of carbonyl (C=O) groups excluding carboxylic acids is 2. The van der Waals surface area contributed by atoms with Crippen LogP contribution >= 0.6 is 0 Å². The molecule has 0 bridgehead atoms. The minimum atomic E-state index is -0.523. The smallest absolute Gasteiger partial charge is 0.258 e. The van der Waals surface area contributed by atoms with Crippen LogP contribution in [-0.4, -0.2) is 45.8 Å². The van der Waals surface area contributed by atoms with E-state index < -0.39 is 5.91 Å². The fourth-order valence-corrected chi connectivity index (χ4v) is 2.86. The molecule has 34 heavy (non-hydrogen) atoms. The molecule has 0 aromatic heterocycles. The van der Waals surface area contributed by atoms with Crippen molar-refractivity contribution < 1.29 is 23.8 Å². The number of nitrogens with zero attached hydrogens (tertiary/aromatic N) is 2. The SMILES string of the molecule is C=NC=CC(=CC)C(=O)Nc1cccc(N=C(N)NC(=O)c2cc(OC)c(OC)c(OC)c2)c1. The zero-order chi connectivity index (χ0) is 25.1.